The van der Waals surface area contributed by atoms with Crippen molar-refractivity contribution in [2.24, 2.45) is 0 Å². The quantitative estimate of drug-likeness (QED) is 0.813. The molecular formula is C11H17N3O. The molecule has 82 valence electrons. The molecule has 1 saturated carbocycles. The third-order valence-corrected chi connectivity index (χ3v) is 2.80. The second-order valence-electron chi connectivity index (χ2n) is 3.94. The fourth-order valence-electron chi connectivity index (χ4n) is 1.72. The summed E-state index contributed by atoms with van der Waals surface area (Å²) in [5, 5.41) is 0. The zero-order chi connectivity index (χ0) is 10.8. The predicted octanol–water partition coefficient (Wildman–Crippen LogP) is 1.49. The molecule has 4 heteroatoms. The van der Waals surface area contributed by atoms with Crippen molar-refractivity contribution < 1.29 is 0 Å². The van der Waals surface area contributed by atoms with E-state index in [2.05, 4.69) is 28.7 Å². The van der Waals surface area contributed by atoms with Crippen LogP contribution in [0.4, 0.5) is 5.82 Å². The van der Waals surface area contributed by atoms with Gasteiger partial charge in [0.05, 0.1) is 0 Å². The van der Waals surface area contributed by atoms with Gasteiger partial charge in [0, 0.05) is 25.1 Å². The molecule has 0 radical (unpaired) electrons. The average molecular weight is 207 g/mol. The summed E-state index contributed by atoms with van der Waals surface area (Å²) in [4.78, 5) is 20.9. The van der Waals surface area contributed by atoms with Crippen LogP contribution in [-0.4, -0.2) is 23.1 Å². The van der Waals surface area contributed by atoms with E-state index in [0.29, 0.717) is 5.92 Å². The highest BCUT2D eigenvalue weighted by atomic mass is 16.1. The van der Waals surface area contributed by atoms with Crippen LogP contribution < -0.4 is 10.5 Å². The molecule has 1 aromatic rings. The summed E-state index contributed by atoms with van der Waals surface area (Å²) < 4.78 is 0. The first kappa shape index (κ1) is 10.2. The molecular weight excluding hydrogens is 190 g/mol. The number of hydrogen-bond donors (Lipinski definition) is 1. The minimum absolute atomic E-state index is 0.0335. The van der Waals surface area contributed by atoms with Crippen molar-refractivity contribution in [1.82, 2.24) is 9.97 Å². The molecule has 15 heavy (non-hydrogen) atoms. The monoisotopic (exact) mass is 207 g/mol. The number of hydrogen-bond acceptors (Lipinski definition) is 3. The van der Waals surface area contributed by atoms with Gasteiger partial charge in [-0.3, -0.25) is 4.79 Å². The van der Waals surface area contributed by atoms with Crippen molar-refractivity contribution in [3.05, 3.63) is 22.2 Å². The second kappa shape index (κ2) is 4.04. The molecule has 0 saturated heterocycles. The van der Waals surface area contributed by atoms with E-state index in [1.807, 2.05) is 0 Å². The van der Waals surface area contributed by atoms with Gasteiger partial charge in [0.25, 0.3) is 5.56 Å². The molecule has 0 aromatic carbocycles. The molecule has 1 aromatic heterocycles. The number of nitrogens with zero attached hydrogens (tertiary/aromatic N) is 2. The van der Waals surface area contributed by atoms with Crippen molar-refractivity contribution in [1.29, 1.82) is 0 Å². The van der Waals surface area contributed by atoms with Crippen LogP contribution in [0.5, 0.6) is 0 Å². The fourth-order valence-corrected chi connectivity index (χ4v) is 1.72. The Kier molecular flexibility index (Phi) is 2.75. The first-order valence-electron chi connectivity index (χ1n) is 5.60. The average Bonchev–Trinajstić information content (AvgIpc) is 3.02. The Morgan fingerprint density at radius 1 is 1.47 bits per heavy atom. The maximum Gasteiger partial charge on any atom is 0.252 e. The van der Waals surface area contributed by atoms with Gasteiger partial charge in [0.15, 0.2) is 0 Å². The van der Waals surface area contributed by atoms with Gasteiger partial charge in [-0.2, -0.15) is 0 Å². The van der Waals surface area contributed by atoms with Gasteiger partial charge in [-0.1, -0.05) is 0 Å². The normalized spacial score (nSPS) is 15.3. The van der Waals surface area contributed by atoms with E-state index in [9.17, 15) is 4.79 Å². The molecule has 1 aliphatic carbocycles. The topological polar surface area (TPSA) is 49.0 Å². The second-order valence-corrected chi connectivity index (χ2v) is 3.94. The molecule has 0 aliphatic heterocycles. The van der Waals surface area contributed by atoms with Gasteiger partial charge in [-0.15, -0.1) is 0 Å². The van der Waals surface area contributed by atoms with Crippen molar-refractivity contribution in [2.45, 2.75) is 32.6 Å². The Hall–Kier alpha value is -1.32. The SMILES string of the molecule is CCN(CC)c1cc(=O)[nH]c(C2CC2)n1. The summed E-state index contributed by atoms with van der Waals surface area (Å²) in [5.74, 6) is 2.17. The Morgan fingerprint density at radius 3 is 2.67 bits per heavy atom. The van der Waals surface area contributed by atoms with Crippen LogP contribution in [-0.2, 0) is 0 Å². The van der Waals surface area contributed by atoms with Crippen LogP contribution in [0.25, 0.3) is 0 Å². The highest BCUT2D eigenvalue weighted by Crippen LogP contribution is 2.37. The Bertz CT molecular complexity index is 391. The minimum atomic E-state index is -0.0335. The molecule has 1 fully saturated rings. The van der Waals surface area contributed by atoms with Crippen LogP contribution in [0.15, 0.2) is 10.9 Å². The maximum absolute atomic E-state index is 11.5. The molecule has 1 heterocycles. The highest BCUT2D eigenvalue weighted by Gasteiger charge is 2.26. The van der Waals surface area contributed by atoms with Gasteiger partial charge >= 0.3 is 0 Å². The smallest absolute Gasteiger partial charge is 0.252 e. The van der Waals surface area contributed by atoms with E-state index < -0.39 is 0 Å². The van der Waals surface area contributed by atoms with Crippen LogP contribution in [0.1, 0.15) is 38.4 Å². The first-order chi connectivity index (χ1) is 7.24. The molecule has 4 nitrogen and oxygen atoms in total. The van der Waals surface area contributed by atoms with E-state index in [1.54, 1.807) is 6.07 Å². The highest BCUT2D eigenvalue weighted by molar-refractivity contribution is 5.37. The van der Waals surface area contributed by atoms with Crippen LogP contribution in [0.3, 0.4) is 0 Å². The van der Waals surface area contributed by atoms with E-state index >= 15 is 0 Å². The summed E-state index contributed by atoms with van der Waals surface area (Å²) >= 11 is 0. The van der Waals surface area contributed by atoms with Crippen molar-refractivity contribution in [2.75, 3.05) is 18.0 Å². The van der Waals surface area contributed by atoms with E-state index in [-0.39, 0.29) is 5.56 Å². The molecule has 0 spiro atoms. The van der Waals surface area contributed by atoms with Gasteiger partial charge in [0.1, 0.15) is 11.6 Å². The molecule has 0 bridgehead atoms. The van der Waals surface area contributed by atoms with Gasteiger partial charge < -0.3 is 9.88 Å². The first-order valence-corrected chi connectivity index (χ1v) is 5.60. The molecule has 1 aliphatic rings. The number of rotatable bonds is 4. The van der Waals surface area contributed by atoms with E-state index in [0.717, 1.165) is 37.6 Å². The minimum Gasteiger partial charge on any atom is -0.357 e. The molecule has 0 atom stereocenters. The zero-order valence-corrected chi connectivity index (χ0v) is 9.29. The largest absolute Gasteiger partial charge is 0.357 e. The summed E-state index contributed by atoms with van der Waals surface area (Å²) in [5.41, 5.74) is -0.0335. The lowest BCUT2D eigenvalue weighted by Crippen LogP contribution is -2.25. The Morgan fingerprint density at radius 2 is 2.13 bits per heavy atom. The van der Waals surface area contributed by atoms with Gasteiger partial charge in [-0.25, -0.2) is 4.98 Å². The lowest BCUT2D eigenvalue weighted by Gasteiger charge is -2.19. The van der Waals surface area contributed by atoms with E-state index in [4.69, 9.17) is 0 Å². The van der Waals surface area contributed by atoms with Crippen molar-refractivity contribution in [3.63, 3.8) is 0 Å². The lowest BCUT2D eigenvalue weighted by atomic mass is 10.3. The Balaban J connectivity index is 2.33. The van der Waals surface area contributed by atoms with Gasteiger partial charge in [0.2, 0.25) is 0 Å². The summed E-state index contributed by atoms with van der Waals surface area (Å²) in [6.07, 6.45) is 2.31. The van der Waals surface area contributed by atoms with E-state index in [1.165, 1.54) is 0 Å². The third-order valence-electron chi connectivity index (χ3n) is 2.80. The van der Waals surface area contributed by atoms with Crippen molar-refractivity contribution >= 4 is 5.82 Å². The summed E-state index contributed by atoms with van der Waals surface area (Å²) in [6.45, 7) is 5.92. The molecule has 0 unspecified atom stereocenters. The molecule has 1 N–H and O–H groups in total. The van der Waals surface area contributed by atoms with Crippen LogP contribution in [0, 0.1) is 0 Å². The molecule has 2 rings (SSSR count). The number of aromatic nitrogens is 2. The maximum atomic E-state index is 11.5. The lowest BCUT2D eigenvalue weighted by molar-refractivity contribution is 0.814. The summed E-state index contributed by atoms with van der Waals surface area (Å²) in [6, 6.07) is 1.58. The number of aromatic amines is 1. The standard InChI is InChI=1S/C11H17N3O/c1-3-14(4-2)9-7-10(15)13-11(12-9)8-5-6-8/h7-8H,3-6H2,1-2H3,(H,12,13,15). The number of nitrogens with one attached hydrogen (secondary N) is 1. The number of anilines is 1. The number of H-pyrrole nitrogens is 1. The van der Waals surface area contributed by atoms with Gasteiger partial charge in [-0.05, 0) is 26.7 Å². The van der Waals surface area contributed by atoms with Crippen molar-refractivity contribution in [3.8, 4) is 0 Å². The van der Waals surface area contributed by atoms with Crippen LogP contribution >= 0.6 is 0 Å². The predicted molar refractivity (Wildman–Crippen MR) is 60.4 cm³/mol. The van der Waals surface area contributed by atoms with Crippen LogP contribution in [0.2, 0.25) is 0 Å². The Labute approximate surface area is 89.3 Å². The fraction of sp³-hybridized carbons (Fsp3) is 0.636. The molecule has 0 amide bonds. The zero-order valence-electron chi connectivity index (χ0n) is 9.29. The summed E-state index contributed by atoms with van der Waals surface area (Å²) in [7, 11) is 0. The third kappa shape index (κ3) is 2.19.